The molecule has 1 aliphatic rings. The molecule has 0 unspecified atom stereocenters. The lowest BCUT2D eigenvalue weighted by atomic mass is 10.1. The summed E-state index contributed by atoms with van der Waals surface area (Å²) < 4.78 is 5.23. The number of methoxy groups -OCH3 is 1. The summed E-state index contributed by atoms with van der Waals surface area (Å²) in [6, 6.07) is 7.53. The zero-order valence-electron chi connectivity index (χ0n) is 10.1. The number of likely N-dealkylation sites (N-methyl/N-ethyl adjacent to an activating group) is 1. The van der Waals surface area contributed by atoms with Crippen molar-refractivity contribution in [1.82, 2.24) is 4.90 Å². The molecular formula is C13H14N2O2. The van der Waals surface area contributed by atoms with E-state index >= 15 is 0 Å². The first-order valence-electron chi connectivity index (χ1n) is 5.31. The number of nitrogens with zero attached hydrogens (tertiary/aromatic N) is 2. The molecule has 4 heteroatoms. The molecule has 0 saturated carbocycles. The lowest BCUT2D eigenvalue weighted by Crippen LogP contribution is -2.25. The molecule has 0 aromatic heterocycles. The molecule has 88 valence electrons. The lowest BCUT2D eigenvalue weighted by Gasteiger charge is -2.06. The molecule has 0 aliphatic carbocycles. The summed E-state index contributed by atoms with van der Waals surface area (Å²) in [4.78, 5) is 17.6. The van der Waals surface area contributed by atoms with Crippen molar-refractivity contribution in [2.24, 2.45) is 4.99 Å². The van der Waals surface area contributed by atoms with Crippen molar-refractivity contribution in [2.75, 3.05) is 14.2 Å². The van der Waals surface area contributed by atoms with Crippen molar-refractivity contribution < 1.29 is 9.53 Å². The van der Waals surface area contributed by atoms with E-state index in [0.29, 0.717) is 11.5 Å². The van der Waals surface area contributed by atoms with Crippen molar-refractivity contribution in [2.45, 2.75) is 6.92 Å². The van der Waals surface area contributed by atoms with Gasteiger partial charge in [0.2, 0.25) is 0 Å². The van der Waals surface area contributed by atoms with Gasteiger partial charge in [0.25, 0.3) is 5.91 Å². The number of para-hydroxylation sites is 1. The summed E-state index contributed by atoms with van der Waals surface area (Å²) in [6.45, 7) is 1.81. The Morgan fingerprint density at radius 3 is 2.65 bits per heavy atom. The third-order valence-corrected chi connectivity index (χ3v) is 2.72. The van der Waals surface area contributed by atoms with Crippen LogP contribution in [0.5, 0.6) is 5.75 Å². The SMILES string of the molecule is COc1ccccc1/C=C1\N=C(C)N(C)C1=O. The van der Waals surface area contributed by atoms with Crippen molar-refractivity contribution >= 4 is 17.8 Å². The molecular weight excluding hydrogens is 216 g/mol. The Kier molecular flexibility index (Phi) is 2.95. The second-order valence-electron chi connectivity index (χ2n) is 3.79. The normalized spacial score (nSPS) is 17.6. The van der Waals surface area contributed by atoms with Gasteiger partial charge in [-0.15, -0.1) is 0 Å². The summed E-state index contributed by atoms with van der Waals surface area (Å²) in [5.74, 6) is 1.35. The first-order valence-corrected chi connectivity index (χ1v) is 5.31. The van der Waals surface area contributed by atoms with Crippen LogP contribution in [0.2, 0.25) is 0 Å². The smallest absolute Gasteiger partial charge is 0.277 e. The van der Waals surface area contributed by atoms with Crippen LogP contribution in [0.4, 0.5) is 0 Å². The molecule has 1 aliphatic heterocycles. The highest BCUT2D eigenvalue weighted by Crippen LogP contribution is 2.23. The number of amidine groups is 1. The molecule has 0 spiro atoms. The molecule has 0 atom stereocenters. The average molecular weight is 230 g/mol. The molecule has 1 amide bonds. The number of amides is 1. The maximum Gasteiger partial charge on any atom is 0.277 e. The number of aliphatic imine (C=N–C) groups is 1. The van der Waals surface area contributed by atoms with Crippen LogP contribution in [-0.4, -0.2) is 30.8 Å². The van der Waals surface area contributed by atoms with Gasteiger partial charge in [0.05, 0.1) is 7.11 Å². The van der Waals surface area contributed by atoms with Gasteiger partial charge < -0.3 is 4.74 Å². The van der Waals surface area contributed by atoms with E-state index in [9.17, 15) is 4.79 Å². The third kappa shape index (κ3) is 2.06. The minimum atomic E-state index is -0.0894. The maximum atomic E-state index is 11.8. The van der Waals surface area contributed by atoms with Crippen LogP contribution in [0.3, 0.4) is 0 Å². The van der Waals surface area contributed by atoms with Gasteiger partial charge in [0, 0.05) is 12.6 Å². The van der Waals surface area contributed by atoms with Crippen LogP contribution in [0, 0.1) is 0 Å². The molecule has 0 fully saturated rings. The zero-order valence-corrected chi connectivity index (χ0v) is 10.1. The predicted octanol–water partition coefficient (Wildman–Crippen LogP) is 1.93. The summed E-state index contributed by atoms with van der Waals surface area (Å²) in [5.41, 5.74) is 1.29. The van der Waals surface area contributed by atoms with Crippen molar-refractivity contribution in [3.05, 3.63) is 35.5 Å². The molecule has 1 aromatic rings. The molecule has 0 bridgehead atoms. The quantitative estimate of drug-likeness (QED) is 0.728. The number of rotatable bonds is 2. The Labute approximate surface area is 100 Å². The van der Waals surface area contributed by atoms with Crippen molar-refractivity contribution in [3.63, 3.8) is 0 Å². The summed E-state index contributed by atoms with van der Waals surface area (Å²) in [6.07, 6.45) is 1.74. The highest BCUT2D eigenvalue weighted by atomic mass is 16.5. The Hall–Kier alpha value is -2.10. The molecule has 0 radical (unpaired) electrons. The molecule has 2 rings (SSSR count). The first-order chi connectivity index (χ1) is 8.13. The Morgan fingerprint density at radius 1 is 1.35 bits per heavy atom. The fourth-order valence-electron chi connectivity index (χ4n) is 1.64. The molecule has 4 nitrogen and oxygen atoms in total. The second-order valence-corrected chi connectivity index (χ2v) is 3.79. The first kappa shape index (κ1) is 11.4. The number of carbonyl (C=O) groups is 1. The monoisotopic (exact) mass is 230 g/mol. The van der Waals surface area contributed by atoms with E-state index in [1.165, 1.54) is 4.90 Å². The second kappa shape index (κ2) is 4.41. The average Bonchev–Trinajstić information content (AvgIpc) is 2.58. The van der Waals surface area contributed by atoms with Crippen LogP contribution in [-0.2, 0) is 4.79 Å². The van der Waals surface area contributed by atoms with E-state index in [2.05, 4.69) is 4.99 Å². The zero-order chi connectivity index (χ0) is 12.4. The molecule has 1 aromatic carbocycles. The van der Waals surface area contributed by atoms with Crippen LogP contribution in [0.15, 0.2) is 35.0 Å². The van der Waals surface area contributed by atoms with Crippen LogP contribution in [0.25, 0.3) is 6.08 Å². The van der Waals surface area contributed by atoms with Gasteiger partial charge >= 0.3 is 0 Å². The van der Waals surface area contributed by atoms with Crippen molar-refractivity contribution in [3.8, 4) is 5.75 Å². The predicted molar refractivity (Wildman–Crippen MR) is 66.9 cm³/mol. The largest absolute Gasteiger partial charge is 0.496 e. The van der Waals surface area contributed by atoms with Gasteiger partial charge in [-0.05, 0) is 19.1 Å². The Morgan fingerprint density at radius 2 is 2.06 bits per heavy atom. The fourth-order valence-corrected chi connectivity index (χ4v) is 1.64. The van der Waals surface area contributed by atoms with Gasteiger partial charge in [-0.25, -0.2) is 4.99 Å². The molecule has 0 N–H and O–H groups in total. The summed E-state index contributed by atoms with van der Waals surface area (Å²) in [7, 11) is 3.32. The minimum Gasteiger partial charge on any atom is -0.496 e. The van der Waals surface area contributed by atoms with E-state index in [1.807, 2.05) is 24.3 Å². The van der Waals surface area contributed by atoms with Crippen LogP contribution in [0.1, 0.15) is 12.5 Å². The Bertz CT molecular complexity index is 518. The number of hydrogen-bond donors (Lipinski definition) is 0. The third-order valence-electron chi connectivity index (χ3n) is 2.72. The van der Waals surface area contributed by atoms with Gasteiger partial charge in [0.15, 0.2) is 0 Å². The van der Waals surface area contributed by atoms with Gasteiger partial charge in [-0.1, -0.05) is 18.2 Å². The Balaban J connectivity index is 2.41. The van der Waals surface area contributed by atoms with E-state index in [1.54, 1.807) is 27.2 Å². The summed E-state index contributed by atoms with van der Waals surface area (Å²) in [5, 5.41) is 0. The van der Waals surface area contributed by atoms with Gasteiger partial charge in [-0.3, -0.25) is 9.69 Å². The van der Waals surface area contributed by atoms with Crippen molar-refractivity contribution in [1.29, 1.82) is 0 Å². The molecule has 0 saturated heterocycles. The molecule has 1 heterocycles. The highest BCUT2D eigenvalue weighted by Gasteiger charge is 2.23. The van der Waals surface area contributed by atoms with E-state index in [4.69, 9.17) is 4.74 Å². The topological polar surface area (TPSA) is 41.9 Å². The van der Waals surface area contributed by atoms with Crippen LogP contribution < -0.4 is 4.74 Å². The van der Waals surface area contributed by atoms with E-state index < -0.39 is 0 Å². The maximum absolute atomic E-state index is 11.8. The van der Waals surface area contributed by atoms with E-state index in [0.717, 1.165) is 11.3 Å². The van der Waals surface area contributed by atoms with Crippen LogP contribution >= 0.6 is 0 Å². The molecule has 17 heavy (non-hydrogen) atoms. The number of benzene rings is 1. The summed E-state index contributed by atoms with van der Waals surface area (Å²) >= 11 is 0. The standard InChI is InChI=1S/C13H14N2O2/c1-9-14-11(13(16)15(9)2)8-10-6-4-5-7-12(10)17-3/h4-8H,1-3H3/b11-8-. The minimum absolute atomic E-state index is 0.0894. The number of ether oxygens (including phenoxy) is 1. The number of hydrogen-bond acceptors (Lipinski definition) is 3. The van der Waals surface area contributed by atoms with E-state index in [-0.39, 0.29) is 5.91 Å². The van der Waals surface area contributed by atoms with Gasteiger partial charge in [0.1, 0.15) is 17.3 Å². The lowest BCUT2D eigenvalue weighted by molar-refractivity contribution is -0.121. The highest BCUT2D eigenvalue weighted by molar-refractivity contribution is 6.13. The fraction of sp³-hybridized carbons (Fsp3) is 0.231. The van der Waals surface area contributed by atoms with Gasteiger partial charge in [-0.2, -0.15) is 0 Å². The number of carbonyl (C=O) groups excluding carboxylic acids is 1.